The number of nitrogens with zero attached hydrogens (tertiary/aromatic N) is 3. The standard InChI is InChI=1S/C11H11Cl2N3/c1-7-10(12)8(2)16(15-7)6-9-4-3-5-14-11(9)13/h3-5H,6H2,1-2H3. The van der Waals surface area contributed by atoms with Crippen LogP contribution in [0.3, 0.4) is 0 Å². The SMILES string of the molecule is Cc1nn(Cc2cccnc2Cl)c(C)c1Cl. The molecule has 0 radical (unpaired) electrons. The van der Waals surface area contributed by atoms with Crippen molar-refractivity contribution in [1.82, 2.24) is 14.8 Å². The molecule has 0 aromatic carbocycles. The molecule has 0 bridgehead atoms. The maximum absolute atomic E-state index is 6.07. The summed E-state index contributed by atoms with van der Waals surface area (Å²) in [6, 6.07) is 3.79. The number of hydrogen-bond donors (Lipinski definition) is 0. The van der Waals surface area contributed by atoms with Crippen molar-refractivity contribution in [2.24, 2.45) is 0 Å². The predicted octanol–water partition coefficient (Wildman–Crippen LogP) is 3.25. The zero-order chi connectivity index (χ0) is 11.7. The van der Waals surface area contributed by atoms with E-state index in [1.165, 1.54) is 0 Å². The minimum absolute atomic E-state index is 0.506. The van der Waals surface area contributed by atoms with Crippen LogP contribution in [-0.4, -0.2) is 14.8 Å². The number of rotatable bonds is 2. The first-order valence-electron chi connectivity index (χ1n) is 4.88. The van der Waals surface area contributed by atoms with Crippen LogP contribution in [0.15, 0.2) is 18.3 Å². The van der Waals surface area contributed by atoms with Crippen LogP contribution in [0.1, 0.15) is 17.0 Å². The van der Waals surface area contributed by atoms with Gasteiger partial charge in [0.1, 0.15) is 5.15 Å². The molecule has 2 rings (SSSR count). The van der Waals surface area contributed by atoms with Crippen LogP contribution in [0.25, 0.3) is 0 Å². The van der Waals surface area contributed by atoms with Gasteiger partial charge < -0.3 is 0 Å². The third kappa shape index (κ3) is 2.06. The highest BCUT2D eigenvalue weighted by molar-refractivity contribution is 6.31. The van der Waals surface area contributed by atoms with Gasteiger partial charge in [0.25, 0.3) is 0 Å². The predicted molar refractivity (Wildman–Crippen MR) is 65.1 cm³/mol. The first kappa shape index (κ1) is 11.4. The Hall–Kier alpha value is -1.06. The molecule has 0 atom stereocenters. The fourth-order valence-corrected chi connectivity index (χ4v) is 1.84. The van der Waals surface area contributed by atoms with Crippen molar-refractivity contribution >= 4 is 23.2 Å². The molecule has 2 heterocycles. The molecule has 0 fully saturated rings. The molecule has 0 N–H and O–H groups in total. The largest absolute Gasteiger partial charge is 0.264 e. The van der Waals surface area contributed by atoms with Crippen LogP contribution in [-0.2, 0) is 6.54 Å². The second kappa shape index (κ2) is 4.44. The van der Waals surface area contributed by atoms with Gasteiger partial charge in [-0.1, -0.05) is 29.3 Å². The van der Waals surface area contributed by atoms with E-state index in [9.17, 15) is 0 Å². The summed E-state index contributed by atoms with van der Waals surface area (Å²) in [6.07, 6.45) is 1.67. The number of halogens is 2. The summed E-state index contributed by atoms with van der Waals surface area (Å²) in [5.74, 6) is 0. The van der Waals surface area contributed by atoms with E-state index in [0.717, 1.165) is 17.0 Å². The first-order chi connectivity index (χ1) is 7.59. The van der Waals surface area contributed by atoms with E-state index in [2.05, 4.69) is 10.1 Å². The minimum atomic E-state index is 0.506. The highest BCUT2D eigenvalue weighted by Crippen LogP contribution is 2.21. The molecule has 0 aliphatic carbocycles. The molecule has 0 unspecified atom stereocenters. The second-order valence-corrected chi connectivity index (χ2v) is 4.33. The zero-order valence-electron chi connectivity index (χ0n) is 9.04. The summed E-state index contributed by atoms with van der Waals surface area (Å²) in [6.45, 7) is 4.41. The van der Waals surface area contributed by atoms with Gasteiger partial charge >= 0.3 is 0 Å². The van der Waals surface area contributed by atoms with Crippen LogP contribution in [0, 0.1) is 13.8 Å². The minimum Gasteiger partial charge on any atom is -0.264 e. The lowest BCUT2D eigenvalue weighted by Crippen LogP contribution is -2.04. The highest BCUT2D eigenvalue weighted by Gasteiger charge is 2.10. The average Bonchev–Trinajstić information content (AvgIpc) is 2.50. The Morgan fingerprint density at radius 3 is 2.62 bits per heavy atom. The molecule has 5 heteroatoms. The van der Waals surface area contributed by atoms with Gasteiger partial charge in [-0.2, -0.15) is 5.10 Å². The van der Waals surface area contributed by atoms with Gasteiger partial charge in [-0.3, -0.25) is 4.68 Å². The molecule has 0 aliphatic rings. The molecule has 0 amide bonds. The molecule has 16 heavy (non-hydrogen) atoms. The van der Waals surface area contributed by atoms with Crippen molar-refractivity contribution in [3.05, 3.63) is 45.5 Å². The van der Waals surface area contributed by atoms with Gasteiger partial charge in [-0.25, -0.2) is 4.98 Å². The smallest absolute Gasteiger partial charge is 0.134 e. The van der Waals surface area contributed by atoms with E-state index in [1.54, 1.807) is 6.20 Å². The Labute approximate surface area is 104 Å². The lowest BCUT2D eigenvalue weighted by atomic mass is 10.3. The number of hydrogen-bond acceptors (Lipinski definition) is 2. The Kier molecular flexibility index (Phi) is 3.17. The van der Waals surface area contributed by atoms with Gasteiger partial charge in [0, 0.05) is 11.8 Å². The van der Waals surface area contributed by atoms with Crippen molar-refractivity contribution in [3.63, 3.8) is 0 Å². The fourth-order valence-electron chi connectivity index (χ4n) is 1.53. The van der Waals surface area contributed by atoms with E-state index in [1.807, 2.05) is 30.7 Å². The molecule has 2 aromatic heterocycles. The maximum Gasteiger partial charge on any atom is 0.134 e. The summed E-state index contributed by atoms with van der Waals surface area (Å²) in [5, 5.41) is 5.56. The summed E-state index contributed by atoms with van der Waals surface area (Å²) in [5.41, 5.74) is 2.71. The third-order valence-electron chi connectivity index (χ3n) is 2.45. The molecule has 0 saturated carbocycles. The molecule has 0 aliphatic heterocycles. The zero-order valence-corrected chi connectivity index (χ0v) is 10.5. The Balaban J connectivity index is 2.34. The van der Waals surface area contributed by atoms with Gasteiger partial charge in [-0.05, 0) is 19.9 Å². The summed E-state index contributed by atoms with van der Waals surface area (Å²) < 4.78 is 1.83. The van der Waals surface area contributed by atoms with Crippen LogP contribution in [0.5, 0.6) is 0 Å². The Morgan fingerprint density at radius 2 is 2.06 bits per heavy atom. The number of aryl methyl sites for hydroxylation is 1. The lowest BCUT2D eigenvalue weighted by molar-refractivity contribution is 0.657. The van der Waals surface area contributed by atoms with Crippen LogP contribution < -0.4 is 0 Å². The van der Waals surface area contributed by atoms with Gasteiger partial charge in [0.2, 0.25) is 0 Å². The maximum atomic E-state index is 6.07. The highest BCUT2D eigenvalue weighted by atomic mass is 35.5. The van der Waals surface area contributed by atoms with E-state index >= 15 is 0 Å². The normalized spacial score (nSPS) is 10.8. The van der Waals surface area contributed by atoms with Gasteiger partial charge in [0.15, 0.2) is 0 Å². The Morgan fingerprint density at radius 1 is 1.31 bits per heavy atom. The van der Waals surface area contributed by atoms with Crippen molar-refractivity contribution < 1.29 is 0 Å². The lowest BCUT2D eigenvalue weighted by Gasteiger charge is -2.05. The van der Waals surface area contributed by atoms with Crippen LogP contribution >= 0.6 is 23.2 Å². The van der Waals surface area contributed by atoms with Crippen molar-refractivity contribution in [2.45, 2.75) is 20.4 Å². The molecule has 84 valence electrons. The molecule has 0 spiro atoms. The van der Waals surface area contributed by atoms with Crippen LogP contribution in [0.2, 0.25) is 10.2 Å². The van der Waals surface area contributed by atoms with Crippen molar-refractivity contribution in [3.8, 4) is 0 Å². The second-order valence-electron chi connectivity index (χ2n) is 3.60. The molecular formula is C11H11Cl2N3. The fraction of sp³-hybridized carbons (Fsp3) is 0.273. The quantitative estimate of drug-likeness (QED) is 0.772. The summed E-state index contributed by atoms with van der Waals surface area (Å²) >= 11 is 12.1. The Bertz CT molecular complexity index is 520. The molecule has 3 nitrogen and oxygen atoms in total. The van der Waals surface area contributed by atoms with Crippen molar-refractivity contribution in [1.29, 1.82) is 0 Å². The van der Waals surface area contributed by atoms with E-state index in [-0.39, 0.29) is 0 Å². The molecule has 2 aromatic rings. The molecular weight excluding hydrogens is 245 g/mol. The van der Waals surface area contributed by atoms with E-state index in [4.69, 9.17) is 23.2 Å². The summed E-state index contributed by atoms with van der Waals surface area (Å²) in [4.78, 5) is 4.03. The summed E-state index contributed by atoms with van der Waals surface area (Å²) in [7, 11) is 0. The van der Waals surface area contributed by atoms with E-state index in [0.29, 0.717) is 16.7 Å². The third-order valence-corrected chi connectivity index (χ3v) is 3.34. The first-order valence-corrected chi connectivity index (χ1v) is 5.64. The van der Waals surface area contributed by atoms with E-state index < -0.39 is 0 Å². The number of pyridine rings is 1. The average molecular weight is 256 g/mol. The van der Waals surface area contributed by atoms with Gasteiger partial charge in [-0.15, -0.1) is 0 Å². The number of aromatic nitrogens is 3. The monoisotopic (exact) mass is 255 g/mol. The van der Waals surface area contributed by atoms with Crippen molar-refractivity contribution in [2.75, 3.05) is 0 Å². The topological polar surface area (TPSA) is 30.7 Å². The van der Waals surface area contributed by atoms with Crippen LogP contribution in [0.4, 0.5) is 0 Å². The molecule has 0 saturated heterocycles. The van der Waals surface area contributed by atoms with Gasteiger partial charge in [0.05, 0.1) is 23.0 Å².